The smallest absolute Gasteiger partial charge is 0.342 e. The van der Waals surface area contributed by atoms with E-state index in [0.717, 1.165) is 11.8 Å². The maximum Gasteiger partial charge on any atom is 0.342 e. The van der Waals surface area contributed by atoms with Gasteiger partial charge in [-0.1, -0.05) is 30.3 Å². The van der Waals surface area contributed by atoms with Gasteiger partial charge in [0.05, 0.1) is 6.61 Å². The van der Waals surface area contributed by atoms with Crippen LogP contribution in [0.1, 0.15) is 21.7 Å². The molecule has 0 fully saturated rings. The lowest BCUT2D eigenvalue weighted by Crippen LogP contribution is -2.04. The normalized spacial score (nSPS) is 10.3. The van der Waals surface area contributed by atoms with Gasteiger partial charge in [-0.25, -0.2) is 9.78 Å². The molecule has 0 spiro atoms. The molecule has 0 saturated carbocycles. The Hall–Kier alpha value is -2.47. The van der Waals surface area contributed by atoms with Crippen molar-refractivity contribution in [3.05, 3.63) is 53.5 Å². The van der Waals surface area contributed by atoms with Gasteiger partial charge in [0.2, 0.25) is 5.88 Å². The first kappa shape index (κ1) is 13.0. The van der Waals surface area contributed by atoms with Gasteiger partial charge in [0.25, 0.3) is 0 Å². The Bertz CT molecular complexity index is 572. The average molecular weight is 260 g/mol. The van der Waals surface area contributed by atoms with Crippen LogP contribution in [-0.2, 0) is 18.0 Å². The van der Waals surface area contributed by atoms with E-state index in [0.29, 0.717) is 6.61 Å². The highest BCUT2D eigenvalue weighted by Gasteiger charge is 2.12. The van der Waals surface area contributed by atoms with Crippen molar-refractivity contribution in [2.75, 3.05) is 0 Å². The summed E-state index contributed by atoms with van der Waals surface area (Å²) in [5.74, 6) is -1.59. The van der Waals surface area contributed by atoms with Gasteiger partial charge in [0.15, 0.2) is 5.82 Å². The molecule has 0 bridgehead atoms. The van der Waals surface area contributed by atoms with E-state index in [1.807, 2.05) is 30.3 Å². The number of rotatable bonds is 5. The van der Waals surface area contributed by atoms with Crippen molar-refractivity contribution in [3.8, 4) is 5.88 Å². The van der Waals surface area contributed by atoms with E-state index in [-0.39, 0.29) is 18.0 Å². The predicted octanol–water partition coefficient (Wildman–Crippen LogP) is 1.60. The number of aromatic hydroxyl groups is 1. The van der Waals surface area contributed by atoms with E-state index in [9.17, 15) is 9.90 Å². The third-order valence-electron chi connectivity index (χ3n) is 2.39. The van der Waals surface area contributed by atoms with Gasteiger partial charge in [-0.2, -0.15) is 4.98 Å². The molecule has 0 unspecified atom stereocenters. The molecule has 98 valence electrons. The van der Waals surface area contributed by atoms with Gasteiger partial charge < -0.3 is 14.9 Å². The van der Waals surface area contributed by atoms with Crippen LogP contribution < -0.4 is 0 Å². The lowest BCUT2D eigenvalue weighted by molar-refractivity contribution is 0.0691. The predicted molar refractivity (Wildman–Crippen MR) is 65.6 cm³/mol. The van der Waals surface area contributed by atoms with Crippen LogP contribution in [0, 0.1) is 0 Å². The summed E-state index contributed by atoms with van der Waals surface area (Å²) in [5.41, 5.74) is 0.681. The highest BCUT2D eigenvalue weighted by Crippen LogP contribution is 2.12. The first-order valence-corrected chi connectivity index (χ1v) is 5.56. The van der Waals surface area contributed by atoms with Gasteiger partial charge in [-0.05, 0) is 5.56 Å². The molecule has 1 heterocycles. The molecule has 1 aromatic heterocycles. The van der Waals surface area contributed by atoms with Crippen LogP contribution in [0.2, 0.25) is 0 Å². The molecular weight excluding hydrogens is 248 g/mol. The fourth-order valence-corrected chi connectivity index (χ4v) is 1.46. The number of hydrogen-bond acceptors (Lipinski definition) is 5. The molecule has 0 amide bonds. The van der Waals surface area contributed by atoms with E-state index in [1.165, 1.54) is 0 Å². The summed E-state index contributed by atoms with van der Waals surface area (Å²) in [4.78, 5) is 18.1. The molecule has 0 aliphatic rings. The minimum Gasteiger partial charge on any atom is -0.493 e. The summed E-state index contributed by atoms with van der Waals surface area (Å²) in [7, 11) is 0. The van der Waals surface area contributed by atoms with Crippen molar-refractivity contribution in [2.45, 2.75) is 13.2 Å². The quantitative estimate of drug-likeness (QED) is 0.848. The minimum atomic E-state index is -1.27. The van der Waals surface area contributed by atoms with Crippen LogP contribution in [0.5, 0.6) is 5.88 Å². The molecule has 6 heteroatoms. The summed E-state index contributed by atoms with van der Waals surface area (Å²) >= 11 is 0. The average Bonchev–Trinajstić information content (AvgIpc) is 2.39. The Labute approximate surface area is 109 Å². The molecule has 2 aromatic rings. The second-order valence-corrected chi connectivity index (χ2v) is 3.81. The Kier molecular flexibility index (Phi) is 4.04. The van der Waals surface area contributed by atoms with Gasteiger partial charge in [-0.3, -0.25) is 0 Å². The number of ether oxygens (including phenoxy) is 1. The molecule has 2 rings (SSSR count). The lowest BCUT2D eigenvalue weighted by atomic mass is 10.2. The Morgan fingerprint density at radius 1 is 1.21 bits per heavy atom. The van der Waals surface area contributed by atoms with Crippen molar-refractivity contribution in [1.82, 2.24) is 9.97 Å². The van der Waals surface area contributed by atoms with Crippen LogP contribution in [0.15, 0.2) is 36.5 Å². The maximum absolute atomic E-state index is 10.7. The minimum absolute atomic E-state index is 0.0996. The Morgan fingerprint density at radius 2 is 1.95 bits per heavy atom. The second-order valence-electron chi connectivity index (χ2n) is 3.81. The fraction of sp³-hybridized carbons (Fsp3) is 0.154. The zero-order valence-corrected chi connectivity index (χ0v) is 9.98. The van der Waals surface area contributed by atoms with Crippen molar-refractivity contribution in [3.63, 3.8) is 0 Å². The summed E-state index contributed by atoms with van der Waals surface area (Å²) in [5, 5.41) is 18.1. The topological polar surface area (TPSA) is 92.5 Å². The van der Waals surface area contributed by atoms with E-state index >= 15 is 0 Å². The van der Waals surface area contributed by atoms with Crippen molar-refractivity contribution in [1.29, 1.82) is 0 Å². The summed E-state index contributed by atoms with van der Waals surface area (Å²) in [6.07, 6.45) is 1.06. The van der Waals surface area contributed by atoms with E-state index in [1.54, 1.807) is 0 Å². The number of carboxylic acids is 1. The van der Waals surface area contributed by atoms with Crippen LogP contribution in [0.3, 0.4) is 0 Å². The number of nitrogens with zero attached hydrogens (tertiary/aromatic N) is 2. The second kappa shape index (κ2) is 5.92. The molecule has 19 heavy (non-hydrogen) atoms. The number of aromatic nitrogens is 2. The monoisotopic (exact) mass is 260 g/mol. The molecule has 0 aliphatic heterocycles. The third kappa shape index (κ3) is 3.49. The zero-order valence-electron chi connectivity index (χ0n) is 9.98. The number of aromatic carboxylic acids is 1. The third-order valence-corrected chi connectivity index (χ3v) is 2.39. The molecule has 0 saturated heterocycles. The van der Waals surface area contributed by atoms with Gasteiger partial charge in [-0.15, -0.1) is 0 Å². The molecule has 1 aromatic carbocycles. The first-order valence-electron chi connectivity index (χ1n) is 5.56. The van der Waals surface area contributed by atoms with Gasteiger partial charge >= 0.3 is 5.97 Å². The van der Waals surface area contributed by atoms with E-state index < -0.39 is 11.8 Å². The van der Waals surface area contributed by atoms with E-state index in [4.69, 9.17) is 9.84 Å². The van der Waals surface area contributed by atoms with Crippen LogP contribution in [0.4, 0.5) is 0 Å². The molecule has 0 radical (unpaired) electrons. The fourth-order valence-electron chi connectivity index (χ4n) is 1.46. The number of carbonyl (C=O) groups is 1. The van der Waals surface area contributed by atoms with Crippen molar-refractivity contribution >= 4 is 5.97 Å². The zero-order chi connectivity index (χ0) is 13.7. The van der Waals surface area contributed by atoms with Crippen LogP contribution >= 0.6 is 0 Å². The van der Waals surface area contributed by atoms with Gasteiger partial charge in [0, 0.05) is 6.20 Å². The Balaban J connectivity index is 1.93. The van der Waals surface area contributed by atoms with Crippen LogP contribution in [-0.4, -0.2) is 26.2 Å². The highest BCUT2D eigenvalue weighted by atomic mass is 16.5. The molecular formula is C13H12N2O4. The number of hydrogen-bond donors (Lipinski definition) is 2. The van der Waals surface area contributed by atoms with Crippen molar-refractivity contribution < 1.29 is 19.7 Å². The first-order chi connectivity index (χ1) is 9.16. The van der Waals surface area contributed by atoms with Crippen molar-refractivity contribution in [2.24, 2.45) is 0 Å². The summed E-state index contributed by atoms with van der Waals surface area (Å²) in [6.45, 7) is 0.494. The highest BCUT2D eigenvalue weighted by molar-refractivity contribution is 5.89. The SMILES string of the molecule is O=C(O)c1cnc(COCc2ccccc2)nc1O. The number of benzene rings is 1. The number of carboxylic acid groups (broad SMARTS) is 1. The molecule has 6 nitrogen and oxygen atoms in total. The van der Waals surface area contributed by atoms with Crippen LogP contribution in [0.25, 0.3) is 0 Å². The molecule has 2 N–H and O–H groups in total. The molecule has 0 aliphatic carbocycles. The summed E-state index contributed by atoms with van der Waals surface area (Å²) in [6, 6.07) is 9.57. The lowest BCUT2D eigenvalue weighted by Gasteiger charge is -2.04. The maximum atomic E-state index is 10.7. The standard InChI is InChI=1S/C13H12N2O4/c16-12-10(13(17)18)6-14-11(15-12)8-19-7-9-4-2-1-3-5-9/h1-6H,7-8H2,(H,17,18)(H,14,15,16). The summed E-state index contributed by atoms with van der Waals surface area (Å²) < 4.78 is 5.38. The Morgan fingerprint density at radius 3 is 2.58 bits per heavy atom. The van der Waals surface area contributed by atoms with Gasteiger partial charge in [0.1, 0.15) is 12.2 Å². The van der Waals surface area contributed by atoms with E-state index in [2.05, 4.69) is 9.97 Å². The molecule has 0 atom stereocenters. The largest absolute Gasteiger partial charge is 0.493 e.